The first-order chi connectivity index (χ1) is 9.11. The van der Waals surface area contributed by atoms with Crippen molar-refractivity contribution in [3.05, 3.63) is 42.1 Å². The molecule has 19 heavy (non-hydrogen) atoms. The predicted molar refractivity (Wildman–Crippen MR) is 77.2 cm³/mol. The van der Waals surface area contributed by atoms with Crippen LogP contribution in [0.1, 0.15) is 19.4 Å². The van der Waals surface area contributed by atoms with Gasteiger partial charge < -0.3 is 15.4 Å². The summed E-state index contributed by atoms with van der Waals surface area (Å²) in [5, 5.41) is 5.47. The van der Waals surface area contributed by atoms with E-state index in [4.69, 9.17) is 4.74 Å². The lowest BCUT2D eigenvalue weighted by Crippen LogP contribution is -2.33. The Hall–Kier alpha value is -1.97. The maximum atomic E-state index is 11.4. The average Bonchev–Trinajstić information content (AvgIpc) is 2.38. The van der Waals surface area contributed by atoms with Gasteiger partial charge in [-0.1, -0.05) is 32.1 Å². The lowest BCUT2D eigenvalue weighted by atomic mass is 10.1. The molecule has 0 radical (unpaired) electrons. The number of amides is 2. The molecule has 0 atom stereocenters. The van der Waals surface area contributed by atoms with Gasteiger partial charge in [0.2, 0.25) is 0 Å². The van der Waals surface area contributed by atoms with Crippen molar-refractivity contribution in [2.24, 2.45) is 5.92 Å². The zero-order valence-corrected chi connectivity index (χ0v) is 11.8. The highest BCUT2D eigenvalue weighted by molar-refractivity contribution is 5.74. The molecule has 1 aromatic carbocycles. The maximum absolute atomic E-state index is 11.4. The Morgan fingerprint density at radius 3 is 2.89 bits per heavy atom. The zero-order chi connectivity index (χ0) is 14.1. The van der Waals surface area contributed by atoms with Gasteiger partial charge in [-0.2, -0.15) is 0 Å². The molecule has 4 heteroatoms. The molecule has 104 valence electrons. The number of ether oxygens (including phenoxy) is 1. The van der Waals surface area contributed by atoms with Gasteiger partial charge in [-0.3, -0.25) is 0 Å². The number of carbonyl (C=O) groups excluding carboxylic acids is 1. The molecule has 0 fully saturated rings. The molecule has 0 bridgehead atoms. The molecule has 0 spiro atoms. The SMILES string of the molecule is COc1cccc(CCNC(=O)N/C=C/C(C)C)c1. The number of hydrogen-bond acceptors (Lipinski definition) is 2. The van der Waals surface area contributed by atoms with Crippen molar-refractivity contribution in [1.29, 1.82) is 0 Å². The number of hydrogen-bond donors (Lipinski definition) is 2. The average molecular weight is 262 g/mol. The van der Waals surface area contributed by atoms with Gasteiger partial charge in [-0.25, -0.2) is 4.79 Å². The fraction of sp³-hybridized carbons (Fsp3) is 0.400. The van der Waals surface area contributed by atoms with Crippen molar-refractivity contribution in [2.75, 3.05) is 13.7 Å². The molecule has 0 unspecified atom stereocenters. The second kappa shape index (κ2) is 8.19. The standard InChI is InChI=1S/C15H22N2O2/c1-12(2)7-9-16-15(18)17-10-8-13-5-4-6-14(11-13)19-3/h4-7,9,11-12H,8,10H2,1-3H3,(H2,16,17,18)/b9-7+. The molecular weight excluding hydrogens is 240 g/mol. The summed E-state index contributed by atoms with van der Waals surface area (Å²) in [4.78, 5) is 11.4. The third-order valence-electron chi connectivity index (χ3n) is 2.53. The van der Waals surface area contributed by atoms with Gasteiger partial charge in [0.05, 0.1) is 7.11 Å². The minimum absolute atomic E-state index is 0.181. The van der Waals surface area contributed by atoms with Crippen molar-refractivity contribution in [2.45, 2.75) is 20.3 Å². The number of rotatable bonds is 6. The summed E-state index contributed by atoms with van der Waals surface area (Å²) in [5.74, 6) is 1.26. The number of nitrogens with one attached hydrogen (secondary N) is 2. The van der Waals surface area contributed by atoms with Crippen LogP contribution in [0.25, 0.3) is 0 Å². The van der Waals surface area contributed by atoms with E-state index in [1.54, 1.807) is 13.3 Å². The Morgan fingerprint density at radius 1 is 1.42 bits per heavy atom. The highest BCUT2D eigenvalue weighted by atomic mass is 16.5. The highest BCUT2D eigenvalue weighted by Gasteiger charge is 1.99. The van der Waals surface area contributed by atoms with E-state index >= 15 is 0 Å². The van der Waals surface area contributed by atoms with Gasteiger partial charge >= 0.3 is 6.03 Å². The van der Waals surface area contributed by atoms with Crippen molar-refractivity contribution in [1.82, 2.24) is 10.6 Å². The Labute approximate surface area is 114 Å². The van der Waals surface area contributed by atoms with Crippen LogP contribution in [0.2, 0.25) is 0 Å². The number of carbonyl (C=O) groups is 1. The summed E-state index contributed by atoms with van der Waals surface area (Å²) in [6, 6.07) is 7.65. The monoisotopic (exact) mass is 262 g/mol. The summed E-state index contributed by atoms with van der Waals surface area (Å²) in [7, 11) is 1.64. The molecule has 0 aliphatic carbocycles. The van der Waals surface area contributed by atoms with E-state index in [0.29, 0.717) is 12.5 Å². The maximum Gasteiger partial charge on any atom is 0.318 e. The summed E-state index contributed by atoms with van der Waals surface area (Å²) >= 11 is 0. The van der Waals surface area contributed by atoms with Gasteiger partial charge in [0.25, 0.3) is 0 Å². The van der Waals surface area contributed by atoms with E-state index in [1.807, 2.05) is 30.3 Å². The fourth-order valence-electron chi connectivity index (χ4n) is 1.52. The van der Waals surface area contributed by atoms with Gasteiger partial charge in [-0.05, 0) is 30.0 Å². The second-order valence-electron chi connectivity index (χ2n) is 4.60. The Balaban J connectivity index is 2.27. The Bertz CT molecular complexity index is 428. The third kappa shape index (κ3) is 6.50. The van der Waals surface area contributed by atoms with Crippen molar-refractivity contribution in [3.8, 4) is 5.75 Å². The molecule has 0 aliphatic rings. The van der Waals surface area contributed by atoms with Gasteiger partial charge in [0.1, 0.15) is 5.75 Å². The van der Waals surface area contributed by atoms with E-state index in [1.165, 1.54) is 0 Å². The lowest BCUT2D eigenvalue weighted by molar-refractivity contribution is 0.244. The summed E-state index contributed by atoms with van der Waals surface area (Å²) in [5.41, 5.74) is 1.14. The topological polar surface area (TPSA) is 50.4 Å². The first-order valence-corrected chi connectivity index (χ1v) is 6.46. The Kier molecular flexibility index (Phi) is 6.50. The van der Waals surface area contributed by atoms with E-state index in [-0.39, 0.29) is 6.03 Å². The summed E-state index contributed by atoms with van der Waals surface area (Å²) in [6.07, 6.45) is 4.38. The number of methoxy groups -OCH3 is 1. The second-order valence-corrected chi connectivity index (χ2v) is 4.60. The first kappa shape index (κ1) is 15.1. The van der Waals surface area contributed by atoms with Gasteiger partial charge in [-0.15, -0.1) is 0 Å². The number of urea groups is 1. The van der Waals surface area contributed by atoms with E-state index in [2.05, 4.69) is 24.5 Å². The van der Waals surface area contributed by atoms with Crippen LogP contribution in [-0.4, -0.2) is 19.7 Å². The van der Waals surface area contributed by atoms with Gasteiger partial charge in [0, 0.05) is 12.7 Å². The van der Waals surface area contributed by atoms with E-state index < -0.39 is 0 Å². The largest absolute Gasteiger partial charge is 0.497 e. The normalized spacial score (nSPS) is 10.7. The molecule has 2 N–H and O–H groups in total. The van der Waals surface area contributed by atoms with Gasteiger partial charge in [0.15, 0.2) is 0 Å². The molecule has 1 aromatic rings. The van der Waals surface area contributed by atoms with Crippen LogP contribution in [0.4, 0.5) is 4.79 Å². The molecule has 0 heterocycles. The van der Waals surface area contributed by atoms with Crippen LogP contribution in [0.15, 0.2) is 36.5 Å². The minimum atomic E-state index is -0.181. The molecule has 2 amide bonds. The van der Waals surface area contributed by atoms with Crippen molar-refractivity contribution >= 4 is 6.03 Å². The number of benzene rings is 1. The van der Waals surface area contributed by atoms with Crippen LogP contribution in [0.5, 0.6) is 5.75 Å². The minimum Gasteiger partial charge on any atom is -0.497 e. The number of allylic oxidation sites excluding steroid dienone is 1. The molecular formula is C15H22N2O2. The zero-order valence-electron chi connectivity index (χ0n) is 11.8. The van der Waals surface area contributed by atoms with Crippen LogP contribution in [0.3, 0.4) is 0 Å². The van der Waals surface area contributed by atoms with Crippen LogP contribution >= 0.6 is 0 Å². The van der Waals surface area contributed by atoms with E-state index in [0.717, 1.165) is 17.7 Å². The molecule has 0 saturated heterocycles. The molecule has 0 aliphatic heterocycles. The molecule has 0 aromatic heterocycles. The Morgan fingerprint density at radius 2 is 2.21 bits per heavy atom. The van der Waals surface area contributed by atoms with Crippen LogP contribution in [0, 0.1) is 5.92 Å². The lowest BCUT2D eigenvalue weighted by Gasteiger charge is -2.06. The molecule has 1 rings (SSSR count). The van der Waals surface area contributed by atoms with Crippen molar-refractivity contribution in [3.63, 3.8) is 0 Å². The summed E-state index contributed by atoms with van der Waals surface area (Å²) < 4.78 is 5.15. The van der Waals surface area contributed by atoms with E-state index in [9.17, 15) is 4.79 Å². The third-order valence-corrected chi connectivity index (χ3v) is 2.53. The fourth-order valence-corrected chi connectivity index (χ4v) is 1.52. The first-order valence-electron chi connectivity index (χ1n) is 6.46. The predicted octanol–water partition coefficient (Wildman–Crippen LogP) is 2.71. The molecule has 4 nitrogen and oxygen atoms in total. The smallest absolute Gasteiger partial charge is 0.318 e. The highest BCUT2D eigenvalue weighted by Crippen LogP contribution is 2.12. The molecule has 0 saturated carbocycles. The van der Waals surface area contributed by atoms with Crippen LogP contribution < -0.4 is 15.4 Å². The van der Waals surface area contributed by atoms with Crippen LogP contribution in [-0.2, 0) is 6.42 Å². The van der Waals surface area contributed by atoms with Crippen molar-refractivity contribution < 1.29 is 9.53 Å². The quantitative estimate of drug-likeness (QED) is 0.828. The summed E-state index contributed by atoms with van der Waals surface area (Å²) in [6.45, 7) is 4.70.